The van der Waals surface area contributed by atoms with Gasteiger partial charge in [0.05, 0.1) is 29.5 Å². The van der Waals surface area contributed by atoms with Gasteiger partial charge in [0.1, 0.15) is 5.75 Å². The number of benzene rings is 3. The Balaban J connectivity index is 1.10. The Morgan fingerprint density at radius 2 is 1.76 bits per heavy atom. The normalized spacial score (nSPS) is 14.0. The summed E-state index contributed by atoms with van der Waals surface area (Å²) in [6, 6.07) is 13.0. The van der Waals surface area contributed by atoms with Crippen LogP contribution in [0.15, 0.2) is 54.7 Å². The Morgan fingerprint density at radius 3 is 2.52 bits per heavy atom. The van der Waals surface area contributed by atoms with E-state index < -0.39 is 11.8 Å². The third-order valence-electron chi connectivity index (χ3n) is 8.03. The maximum absolute atomic E-state index is 15.2. The van der Waals surface area contributed by atoms with Crippen LogP contribution in [-0.4, -0.2) is 79.3 Å². The number of rotatable bonds is 10. The summed E-state index contributed by atoms with van der Waals surface area (Å²) in [6.07, 6.45) is 2.50. The topological polar surface area (TPSA) is 101 Å². The van der Waals surface area contributed by atoms with Crippen LogP contribution in [0.5, 0.6) is 23.0 Å². The van der Waals surface area contributed by atoms with Crippen LogP contribution in [0.1, 0.15) is 17.5 Å². The zero-order valence-corrected chi connectivity index (χ0v) is 27.2. The number of anilines is 2. The van der Waals surface area contributed by atoms with Crippen molar-refractivity contribution in [2.24, 2.45) is 0 Å². The third-order valence-corrected chi connectivity index (χ3v) is 9.14. The summed E-state index contributed by atoms with van der Waals surface area (Å²) >= 11 is 1.40. The van der Waals surface area contributed by atoms with Crippen molar-refractivity contribution in [3.63, 3.8) is 0 Å². The Morgan fingerprint density at radius 1 is 0.957 bits per heavy atom. The number of carbonyl (C=O) groups is 1. The predicted molar refractivity (Wildman–Crippen MR) is 181 cm³/mol. The lowest BCUT2D eigenvalue weighted by atomic mass is 10.1. The molecule has 0 atom stereocenters. The van der Waals surface area contributed by atoms with Crippen molar-refractivity contribution >= 4 is 49.3 Å². The molecule has 12 heteroatoms. The minimum absolute atomic E-state index is 0.00113. The molecule has 0 radical (unpaired) electrons. The molecule has 0 spiro atoms. The van der Waals surface area contributed by atoms with Gasteiger partial charge in [-0.05, 0) is 62.7 Å². The van der Waals surface area contributed by atoms with E-state index in [0.717, 1.165) is 60.5 Å². The molecule has 1 saturated heterocycles. The Hall–Kier alpha value is -4.52. The van der Waals surface area contributed by atoms with Crippen molar-refractivity contribution in [1.82, 2.24) is 19.8 Å². The SMILES string of the molecule is COc1cc2c(Oc3ccc(NC(=O)Nc4nc5c(C)ccc(C)c5s4)cc3F)ccnc2cc1OCCCN1CCN(C)CC1. The molecule has 2 N–H and O–H groups in total. The fraction of sp³-hybridized carbons (Fsp3) is 0.324. The lowest BCUT2D eigenvalue weighted by Crippen LogP contribution is -2.44. The van der Waals surface area contributed by atoms with Crippen LogP contribution in [0.4, 0.5) is 20.0 Å². The fourth-order valence-electron chi connectivity index (χ4n) is 5.38. The molecule has 5 aromatic rings. The van der Waals surface area contributed by atoms with E-state index >= 15 is 4.39 Å². The molecule has 46 heavy (non-hydrogen) atoms. The maximum atomic E-state index is 15.2. The van der Waals surface area contributed by atoms with Crippen LogP contribution in [0.3, 0.4) is 0 Å². The fourth-order valence-corrected chi connectivity index (χ4v) is 6.39. The number of aromatic nitrogens is 2. The van der Waals surface area contributed by atoms with Crippen molar-refractivity contribution in [2.45, 2.75) is 20.3 Å². The van der Waals surface area contributed by atoms with Crippen molar-refractivity contribution in [2.75, 3.05) is 64.1 Å². The molecule has 2 aromatic heterocycles. The van der Waals surface area contributed by atoms with Gasteiger partial charge in [-0.25, -0.2) is 14.2 Å². The second kappa shape index (κ2) is 13.9. The second-order valence-corrected chi connectivity index (χ2v) is 12.4. The first-order chi connectivity index (χ1) is 22.3. The van der Waals surface area contributed by atoms with Gasteiger partial charge in [0.25, 0.3) is 0 Å². The summed E-state index contributed by atoms with van der Waals surface area (Å²) in [7, 11) is 3.73. The van der Waals surface area contributed by atoms with Crippen LogP contribution in [0, 0.1) is 19.7 Å². The van der Waals surface area contributed by atoms with Crippen molar-refractivity contribution in [3.8, 4) is 23.0 Å². The van der Waals surface area contributed by atoms with Gasteiger partial charge in [-0.3, -0.25) is 10.3 Å². The molecule has 1 aliphatic heterocycles. The number of amides is 2. The number of hydrogen-bond donors (Lipinski definition) is 2. The van der Waals surface area contributed by atoms with E-state index in [2.05, 4.69) is 37.4 Å². The van der Waals surface area contributed by atoms with Crippen LogP contribution < -0.4 is 24.8 Å². The number of ether oxygens (including phenoxy) is 3. The summed E-state index contributed by atoms with van der Waals surface area (Å²) in [6.45, 7) is 9.83. The van der Waals surface area contributed by atoms with Gasteiger partial charge in [0, 0.05) is 62.1 Å². The number of methoxy groups -OCH3 is 1. The van der Waals surface area contributed by atoms with Crippen molar-refractivity contribution in [3.05, 3.63) is 71.7 Å². The number of nitrogens with zero attached hydrogens (tertiary/aromatic N) is 4. The lowest BCUT2D eigenvalue weighted by Gasteiger charge is -2.32. The number of piperazine rings is 1. The molecule has 0 saturated carbocycles. The highest BCUT2D eigenvalue weighted by Gasteiger charge is 2.17. The number of thiazole rings is 1. The second-order valence-electron chi connectivity index (χ2n) is 11.4. The van der Waals surface area contributed by atoms with Gasteiger partial charge < -0.3 is 29.3 Å². The summed E-state index contributed by atoms with van der Waals surface area (Å²) in [5.41, 5.74) is 3.87. The van der Waals surface area contributed by atoms with Crippen LogP contribution in [-0.2, 0) is 0 Å². The number of hydrogen-bond acceptors (Lipinski definition) is 9. The number of fused-ring (bicyclic) bond motifs is 2. The highest BCUT2D eigenvalue weighted by Crippen LogP contribution is 2.38. The Bertz CT molecular complexity index is 1840. The molecule has 1 fully saturated rings. The molecule has 0 aliphatic carbocycles. The molecule has 3 aromatic carbocycles. The lowest BCUT2D eigenvalue weighted by molar-refractivity contribution is 0.145. The zero-order chi connectivity index (χ0) is 32.2. The van der Waals surface area contributed by atoms with Gasteiger partial charge in [0.2, 0.25) is 0 Å². The largest absolute Gasteiger partial charge is 0.493 e. The number of carbonyl (C=O) groups excluding carboxylic acids is 1. The molecule has 0 unspecified atom stereocenters. The van der Waals surface area contributed by atoms with Gasteiger partial charge in [-0.15, -0.1) is 0 Å². The van der Waals surface area contributed by atoms with E-state index in [-0.39, 0.29) is 11.4 Å². The molecule has 1 aliphatic rings. The van der Waals surface area contributed by atoms with Crippen LogP contribution >= 0.6 is 11.3 Å². The Labute approximate surface area is 271 Å². The predicted octanol–water partition coefficient (Wildman–Crippen LogP) is 7.06. The van der Waals surface area contributed by atoms with Gasteiger partial charge >= 0.3 is 6.03 Å². The van der Waals surface area contributed by atoms with Crippen molar-refractivity contribution < 1.29 is 23.4 Å². The average molecular weight is 645 g/mol. The Kier molecular flexibility index (Phi) is 9.48. The molecule has 0 bridgehead atoms. The molecule has 6 rings (SSSR count). The van der Waals surface area contributed by atoms with Gasteiger partial charge in [0.15, 0.2) is 28.2 Å². The first-order valence-corrected chi connectivity index (χ1v) is 16.0. The van der Waals surface area contributed by atoms with E-state index in [1.807, 2.05) is 32.0 Å². The van der Waals surface area contributed by atoms with Gasteiger partial charge in [-0.2, -0.15) is 0 Å². The highest BCUT2D eigenvalue weighted by molar-refractivity contribution is 7.22. The van der Waals surface area contributed by atoms with E-state index in [4.69, 9.17) is 14.2 Å². The number of urea groups is 1. The van der Waals surface area contributed by atoms with Crippen LogP contribution in [0.2, 0.25) is 0 Å². The number of halogens is 1. The summed E-state index contributed by atoms with van der Waals surface area (Å²) in [4.78, 5) is 26.5. The number of pyridine rings is 1. The smallest absolute Gasteiger partial charge is 0.325 e. The zero-order valence-electron chi connectivity index (χ0n) is 26.4. The molecule has 240 valence electrons. The minimum atomic E-state index is -0.638. The average Bonchev–Trinajstić information content (AvgIpc) is 3.48. The minimum Gasteiger partial charge on any atom is -0.493 e. The van der Waals surface area contributed by atoms with E-state index in [9.17, 15) is 4.79 Å². The summed E-state index contributed by atoms with van der Waals surface area (Å²) < 4.78 is 33.9. The maximum Gasteiger partial charge on any atom is 0.325 e. The highest BCUT2D eigenvalue weighted by atomic mass is 32.1. The van der Waals surface area contributed by atoms with E-state index in [1.165, 1.54) is 23.5 Å². The monoisotopic (exact) mass is 644 g/mol. The quantitative estimate of drug-likeness (QED) is 0.156. The van der Waals surface area contributed by atoms with Crippen LogP contribution in [0.25, 0.3) is 21.1 Å². The molecule has 3 heterocycles. The standard InChI is InChI=1S/C34H37FN6O4S/c1-21-6-7-22(2)32-31(21)38-34(46-32)39-33(42)37-23-8-9-28(25(35)18-23)45-27-10-11-36-26-20-30(29(43-4)19-24(26)27)44-17-5-12-41-15-13-40(3)14-16-41/h6-11,18-20H,5,12-17H2,1-4H3,(H2,37,38,39,42). The molecule has 10 nitrogen and oxygen atoms in total. The van der Waals surface area contributed by atoms with E-state index in [0.29, 0.717) is 39.9 Å². The third kappa shape index (κ3) is 7.14. The number of aryl methyl sites for hydroxylation is 2. The number of likely N-dealkylation sites (N-methyl/N-ethyl adjacent to an activating group) is 1. The molecule has 2 amide bonds. The van der Waals surface area contributed by atoms with E-state index in [1.54, 1.807) is 31.5 Å². The summed E-state index contributed by atoms with van der Waals surface area (Å²) in [5, 5.41) is 6.52. The first-order valence-electron chi connectivity index (χ1n) is 15.2. The van der Waals surface area contributed by atoms with Crippen molar-refractivity contribution in [1.29, 1.82) is 0 Å². The van der Waals surface area contributed by atoms with Gasteiger partial charge in [-0.1, -0.05) is 23.5 Å². The molecular formula is C34H37FN6O4S. The number of nitrogens with one attached hydrogen (secondary N) is 2. The molecular weight excluding hydrogens is 607 g/mol. The summed E-state index contributed by atoms with van der Waals surface area (Å²) in [5.74, 6) is 0.896. The first kappa shape index (κ1) is 31.5.